The first-order valence-electron chi connectivity index (χ1n) is 10.7. The summed E-state index contributed by atoms with van der Waals surface area (Å²) >= 11 is 0. The molecule has 0 aliphatic rings. The van der Waals surface area contributed by atoms with Gasteiger partial charge in [0.1, 0.15) is 23.9 Å². The van der Waals surface area contributed by atoms with E-state index < -0.39 is 5.97 Å². The van der Waals surface area contributed by atoms with Crippen LogP contribution in [-0.2, 0) is 9.47 Å². The zero-order chi connectivity index (χ0) is 23.3. The molecule has 0 amide bonds. The van der Waals surface area contributed by atoms with E-state index in [9.17, 15) is 4.79 Å². The van der Waals surface area contributed by atoms with Crippen molar-refractivity contribution in [2.45, 2.75) is 0 Å². The van der Waals surface area contributed by atoms with Gasteiger partial charge in [-0.25, -0.2) is 4.79 Å². The van der Waals surface area contributed by atoms with E-state index in [-0.39, 0.29) is 0 Å². The maximum absolute atomic E-state index is 12.4. The number of benzene rings is 3. The van der Waals surface area contributed by atoms with Crippen LogP contribution in [0.1, 0.15) is 10.4 Å². The second kappa shape index (κ2) is 13.1. The van der Waals surface area contributed by atoms with Crippen LogP contribution in [0.15, 0.2) is 85.5 Å². The first kappa shape index (κ1) is 24.0. The Bertz CT molecular complexity index is 994. The molecule has 0 fully saturated rings. The lowest BCUT2D eigenvalue weighted by atomic mass is 10.1. The number of rotatable bonds is 13. The van der Waals surface area contributed by atoms with Gasteiger partial charge in [-0.05, 0) is 59.7 Å². The molecular formula is C27H28O6. The monoisotopic (exact) mass is 448 g/mol. The van der Waals surface area contributed by atoms with Crippen molar-refractivity contribution in [2.75, 3.05) is 40.1 Å². The van der Waals surface area contributed by atoms with Gasteiger partial charge in [-0.2, -0.15) is 0 Å². The molecular weight excluding hydrogens is 420 g/mol. The second-order valence-corrected chi connectivity index (χ2v) is 6.99. The van der Waals surface area contributed by atoms with Gasteiger partial charge in [-0.1, -0.05) is 30.3 Å². The lowest BCUT2D eigenvalue weighted by Crippen LogP contribution is -2.11. The fraction of sp³-hybridized carbons (Fsp3) is 0.222. The van der Waals surface area contributed by atoms with E-state index in [4.69, 9.17) is 23.7 Å². The van der Waals surface area contributed by atoms with E-state index in [0.717, 1.165) is 16.9 Å². The third-order valence-corrected chi connectivity index (χ3v) is 4.68. The summed E-state index contributed by atoms with van der Waals surface area (Å²) in [6.45, 7) is 5.98. The number of methoxy groups -OCH3 is 1. The average molecular weight is 449 g/mol. The van der Waals surface area contributed by atoms with Crippen LogP contribution in [0, 0.1) is 0 Å². The van der Waals surface area contributed by atoms with Crippen molar-refractivity contribution in [2.24, 2.45) is 0 Å². The standard InChI is InChI=1S/C27H28O6/c1-3-16-30-17-18-31-19-20-32-25-12-8-23(9-13-25)27(28)33-26-14-6-22(7-15-26)21-4-10-24(29-2)11-5-21/h3-15H,1,16-20H2,2H3. The van der Waals surface area contributed by atoms with Gasteiger partial charge in [0.05, 0.1) is 39.1 Å². The van der Waals surface area contributed by atoms with E-state index >= 15 is 0 Å². The highest BCUT2D eigenvalue weighted by Crippen LogP contribution is 2.25. The Morgan fingerprint density at radius 2 is 1.27 bits per heavy atom. The topological polar surface area (TPSA) is 63.2 Å². The van der Waals surface area contributed by atoms with E-state index in [1.807, 2.05) is 36.4 Å². The summed E-state index contributed by atoms with van der Waals surface area (Å²) < 4.78 is 26.9. The number of esters is 1. The van der Waals surface area contributed by atoms with Crippen molar-refractivity contribution in [3.63, 3.8) is 0 Å². The van der Waals surface area contributed by atoms with Gasteiger partial charge in [0, 0.05) is 0 Å². The van der Waals surface area contributed by atoms with Gasteiger partial charge in [-0.15, -0.1) is 6.58 Å². The fourth-order valence-corrected chi connectivity index (χ4v) is 2.96. The zero-order valence-electron chi connectivity index (χ0n) is 18.7. The highest BCUT2D eigenvalue weighted by Gasteiger charge is 2.09. The number of hydrogen-bond acceptors (Lipinski definition) is 6. The van der Waals surface area contributed by atoms with Crippen LogP contribution in [0.5, 0.6) is 17.2 Å². The molecule has 6 nitrogen and oxygen atoms in total. The quantitative estimate of drug-likeness (QED) is 0.155. The number of carbonyl (C=O) groups excluding carboxylic acids is 1. The van der Waals surface area contributed by atoms with Gasteiger partial charge in [0.2, 0.25) is 0 Å². The molecule has 3 aromatic rings. The molecule has 0 radical (unpaired) electrons. The molecule has 0 atom stereocenters. The molecule has 172 valence electrons. The van der Waals surface area contributed by atoms with Crippen LogP contribution in [0.2, 0.25) is 0 Å². The molecule has 0 heterocycles. The summed E-state index contributed by atoms with van der Waals surface area (Å²) in [6, 6.07) is 22.0. The molecule has 0 bridgehead atoms. The van der Waals surface area contributed by atoms with Crippen LogP contribution in [-0.4, -0.2) is 46.1 Å². The Morgan fingerprint density at radius 3 is 1.88 bits per heavy atom. The predicted molar refractivity (Wildman–Crippen MR) is 127 cm³/mol. The molecule has 0 saturated heterocycles. The minimum Gasteiger partial charge on any atom is -0.497 e. The highest BCUT2D eigenvalue weighted by molar-refractivity contribution is 5.91. The van der Waals surface area contributed by atoms with E-state index in [1.54, 1.807) is 49.6 Å². The zero-order valence-corrected chi connectivity index (χ0v) is 18.7. The molecule has 3 aromatic carbocycles. The minimum absolute atomic E-state index is 0.409. The average Bonchev–Trinajstić information content (AvgIpc) is 2.86. The summed E-state index contributed by atoms with van der Waals surface area (Å²) in [6.07, 6.45) is 1.70. The maximum atomic E-state index is 12.4. The Morgan fingerprint density at radius 1 is 0.727 bits per heavy atom. The first-order chi connectivity index (χ1) is 16.2. The maximum Gasteiger partial charge on any atom is 0.343 e. The van der Waals surface area contributed by atoms with Gasteiger partial charge >= 0.3 is 5.97 Å². The number of carbonyl (C=O) groups is 1. The molecule has 3 rings (SSSR count). The molecule has 0 spiro atoms. The van der Waals surface area contributed by atoms with E-state index in [0.29, 0.717) is 50.1 Å². The van der Waals surface area contributed by atoms with E-state index in [1.165, 1.54) is 0 Å². The number of hydrogen-bond donors (Lipinski definition) is 0. The minimum atomic E-state index is -0.429. The lowest BCUT2D eigenvalue weighted by molar-refractivity contribution is 0.0449. The lowest BCUT2D eigenvalue weighted by Gasteiger charge is -2.09. The molecule has 0 saturated carbocycles. The highest BCUT2D eigenvalue weighted by atomic mass is 16.5. The van der Waals surface area contributed by atoms with Gasteiger partial charge in [0.25, 0.3) is 0 Å². The predicted octanol–water partition coefficient (Wildman–Crippen LogP) is 5.18. The Balaban J connectivity index is 1.43. The van der Waals surface area contributed by atoms with Gasteiger partial charge in [-0.3, -0.25) is 0 Å². The summed E-state index contributed by atoms with van der Waals surface area (Å²) in [5.41, 5.74) is 2.51. The van der Waals surface area contributed by atoms with E-state index in [2.05, 4.69) is 6.58 Å². The van der Waals surface area contributed by atoms with Gasteiger partial charge < -0.3 is 23.7 Å². The summed E-state index contributed by atoms with van der Waals surface area (Å²) in [4.78, 5) is 12.4. The van der Waals surface area contributed by atoms with Crippen LogP contribution in [0.3, 0.4) is 0 Å². The molecule has 0 aromatic heterocycles. The second-order valence-electron chi connectivity index (χ2n) is 6.99. The smallest absolute Gasteiger partial charge is 0.343 e. The normalized spacial score (nSPS) is 10.5. The van der Waals surface area contributed by atoms with Crippen molar-refractivity contribution in [3.05, 3.63) is 91.0 Å². The molecule has 0 aliphatic carbocycles. The summed E-state index contributed by atoms with van der Waals surface area (Å²) in [7, 11) is 1.64. The Labute approximate surface area is 194 Å². The summed E-state index contributed by atoms with van der Waals surface area (Å²) in [5, 5.41) is 0. The van der Waals surface area contributed by atoms with Crippen LogP contribution >= 0.6 is 0 Å². The van der Waals surface area contributed by atoms with Crippen molar-refractivity contribution in [1.29, 1.82) is 0 Å². The summed E-state index contributed by atoms with van der Waals surface area (Å²) in [5.74, 6) is 1.51. The van der Waals surface area contributed by atoms with Crippen molar-refractivity contribution in [3.8, 4) is 28.4 Å². The van der Waals surface area contributed by atoms with Crippen molar-refractivity contribution >= 4 is 5.97 Å². The third kappa shape index (κ3) is 7.79. The van der Waals surface area contributed by atoms with Crippen molar-refractivity contribution < 1.29 is 28.5 Å². The number of ether oxygens (including phenoxy) is 5. The third-order valence-electron chi connectivity index (χ3n) is 4.68. The van der Waals surface area contributed by atoms with Crippen LogP contribution in [0.25, 0.3) is 11.1 Å². The SMILES string of the molecule is C=CCOCCOCCOc1ccc(C(=O)Oc2ccc(-c3ccc(OC)cc3)cc2)cc1. The Hall–Kier alpha value is -3.61. The largest absolute Gasteiger partial charge is 0.497 e. The first-order valence-corrected chi connectivity index (χ1v) is 10.7. The molecule has 0 aliphatic heterocycles. The van der Waals surface area contributed by atoms with Crippen LogP contribution < -0.4 is 14.2 Å². The molecule has 0 N–H and O–H groups in total. The molecule has 33 heavy (non-hydrogen) atoms. The molecule has 6 heteroatoms. The van der Waals surface area contributed by atoms with Crippen LogP contribution in [0.4, 0.5) is 0 Å². The fourth-order valence-electron chi connectivity index (χ4n) is 2.96. The van der Waals surface area contributed by atoms with Crippen molar-refractivity contribution in [1.82, 2.24) is 0 Å². The Kier molecular flexibility index (Phi) is 9.51. The molecule has 0 unspecified atom stereocenters. The van der Waals surface area contributed by atoms with Gasteiger partial charge in [0.15, 0.2) is 0 Å².